The Morgan fingerprint density at radius 1 is 0.836 bits per heavy atom. The third-order valence-electron chi connectivity index (χ3n) is 17.3. The van der Waals surface area contributed by atoms with E-state index >= 15 is 0 Å². The molecule has 0 radical (unpaired) electrons. The van der Waals surface area contributed by atoms with Gasteiger partial charge in [-0.2, -0.15) is 0 Å². The molecule has 1 saturated carbocycles. The van der Waals surface area contributed by atoms with Crippen LogP contribution < -0.4 is 0 Å². The molecule has 3 aliphatic heterocycles. The molecule has 1 aromatic carbocycles. The SMILES string of the molecule is COC1[C@H](O)/C(C)=C/[C@@H](C)[C@@H](O)C[C@@H](C(C)C[C@@H]2CCC(O)[C@H](OC)C2)OC(=O)[C@@H]2CCCCN2C(=O)C(=O)[C@]2(O)O[C@@H](CC[C@H]2C)CC(C2=CCc3c(C)cccc32)/C(C)=C/C=C/C=C/[C@@H](C)C[C@@H](C)[C@@H]1O. The topological polar surface area (TPSA) is 193 Å². The monoisotopic (exact) mass is 1020 g/mol. The zero-order valence-corrected chi connectivity index (χ0v) is 45.5. The number of rotatable bonds is 6. The highest BCUT2D eigenvalue weighted by atomic mass is 16.6. The number of carbonyl (C=O) groups excluding carboxylic acids is 3. The normalized spacial score (nSPS) is 39.9. The van der Waals surface area contributed by atoms with Crippen molar-refractivity contribution in [3.63, 3.8) is 0 Å². The van der Waals surface area contributed by atoms with Gasteiger partial charge in [-0.3, -0.25) is 9.59 Å². The highest BCUT2D eigenvalue weighted by Gasteiger charge is 2.53. The quantitative estimate of drug-likeness (QED) is 0.104. The molecule has 0 aromatic heterocycles. The molecule has 1 aromatic rings. The number of benzene rings is 1. The number of methoxy groups -OCH3 is 2. The lowest BCUT2D eigenvalue weighted by molar-refractivity contribution is -0.264. The Morgan fingerprint density at radius 2 is 1.59 bits per heavy atom. The van der Waals surface area contributed by atoms with E-state index in [0.29, 0.717) is 63.4 Å². The number of nitrogens with zero attached hydrogens (tertiary/aromatic N) is 1. The van der Waals surface area contributed by atoms with Crippen LogP contribution in [0.15, 0.2) is 71.9 Å². The van der Waals surface area contributed by atoms with Gasteiger partial charge in [0.05, 0.1) is 30.5 Å². The number of hydrogen-bond donors (Lipinski definition) is 5. The summed E-state index contributed by atoms with van der Waals surface area (Å²) in [4.78, 5) is 45.1. The molecule has 1 amide bonds. The molecule has 3 fully saturated rings. The molecule has 2 aliphatic carbocycles. The van der Waals surface area contributed by atoms with Gasteiger partial charge in [-0.1, -0.05) is 101 Å². The molecular weight excluding hydrogens is 927 g/mol. The van der Waals surface area contributed by atoms with Crippen LogP contribution in [0.1, 0.15) is 142 Å². The first-order valence-corrected chi connectivity index (χ1v) is 27.4. The van der Waals surface area contributed by atoms with E-state index in [1.54, 1.807) is 27.0 Å². The maximum Gasteiger partial charge on any atom is 0.329 e. The number of ether oxygens (including phenoxy) is 4. The van der Waals surface area contributed by atoms with E-state index < -0.39 is 84.1 Å². The van der Waals surface area contributed by atoms with Crippen molar-refractivity contribution in [1.82, 2.24) is 4.90 Å². The highest BCUT2D eigenvalue weighted by Crippen LogP contribution is 2.44. The van der Waals surface area contributed by atoms with Crippen molar-refractivity contribution in [3.8, 4) is 0 Å². The van der Waals surface area contributed by atoms with Gasteiger partial charge in [0.2, 0.25) is 5.79 Å². The smallest absolute Gasteiger partial charge is 0.329 e. The number of allylic oxidation sites excluding steroid dienone is 8. The third kappa shape index (κ3) is 14.2. The van der Waals surface area contributed by atoms with E-state index in [9.17, 15) is 39.9 Å². The maximum atomic E-state index is 14.6. The summed E-state index contributed by atoms with van der Waals surface area (Å²) in [6.45, 7) is 15.6. The van der Waals surface area contributed by atoms with Crippen LogP contribution >= 0.6 is 0 Å². The van der Waals surface area contributed by atoms with Crippen LogP contribution in [-0.4, -0.2) is 130 Å². The number of cyclic esters (lactones) is 1. The van der Waals surface area contributed by atoms with Crippen LogP contribution in [0.5, 0.6) is 0 Å². The molecule has 13 nitrogen and oxygen atoms in total. The fourth-order valence-corrected chi connectivity index (χ4v) is 12.4. The molecule has 0 spiro atoms. The molecule has 5 N–H and O–H groups in total. The van der Waals surface area contributed by atoms with E-state index in [1.165, 1.54) is 28.7 Å². The second-order valence-electron chi connectivity index (χ2n) is 22.8. The molecule has 5 aliphatic rings. The summed E-state index contributed by atoms with van der Waals surface area (Å²) in [5.41, 5.74) is 6.40. The second kappa shape index (κ2) is 26.3. The number of esters is 1. The van der Waals surface area contributed by atoms with Crippen LogP contribution in [0.3, 0.4) is 0 Å². The highest BCUT2D eigenvalue weighted by molar-refractivity contribution is 6.39. The first-order valence-electron chi connectivity index (χ1n) is 27.4. The van der Waals surface area contributed by atoms with Crippen molar-refractivity contribution in [3.05, 3.63) is 88.6 Å². The number of Topliss-reactive ketones (excluding diaryl/α,β-unsaturated/α-hetero) is 1. The first-order chi connectivity index (χ1) is 34.7. The van der Waals surface area contributed by atoms with Gasteiger partial charge in [0.15, 0.2) is 0 Å². The summed E-state index contributed by atoms with van der Waals surface area (Å²) in [6.07, 6.45) is 14.7. The van der Waals surface area contributed by atoms with Gasteiger partial charge >= 0.3 is 5.97 Å². The number of ketones is 1. The van der Waals surface area contributed by atoms with Crippen molar-refractivity contribution in [1.29, 1.82) is 0 Å². The van der Waals surface area contributed by atoms with E-state index in [1.807, 2.05) is 39.0 Å². The molecule has 2 bridgehead atoms. The molecular formula is C60H89NO12. The average Bonchev–Trinajstić information content (AvgIpc) is 3.81. The van der Waals surface area contributed by atoms with Gasteiger partial charge in [-0.05, 0) is 149 Å². The standard InChI is InChI=1S/C60H89NO12/c1-35-17-12-11-13-18-37(3)48(47-26-25-45-36(2)19-16-20-46(45)47)33-44-24-22-42(8)60(69,73-44)57(66)58(67)61-28-15-14-21-49(61)59(68)72-52(39(5)31-43-23-27-50(62)53(32-43)70-9)34-51(63)38(4)30-41(7)55(65)56(71-10)54(64)40(6)29-35/h11-13,16-20,26,30,35,38-40,42-44,48-56,62-65,69H,14-15,21-25,27-29,31-34H2,1-10H3/b13-11+,17-12+,37-18+,41-30+/t35-,38-,39?,40-,42-,43+,44+,48?,49+,50?,51+,52+,53-,54+,55-,56?,60-/m1/s1. The fourth-order valence-electron chi connectivity index (χ4n) is 12.4. The van der Waals surface area contributed by atoms with Crippen molar-refractivity contribution in [2.24, 2.45) is 41.4 Å². The lowest BCUT2D eigenvalue weighted by Gasteiger charge is -2.43. The number of piperidine rings is 1. The van der Waals surface area contributed by atoms with Crippen LogP contribution in [0.25, 0.3) is 5.57 Å². The van der Waals surface area contributed by atoms with Crippen molar-refractivity contribution in [2.45, 2.75) is 200 Å². The summed E-state index contributed by atoms with van der Waals surface area (Å²) < 4.78 is 24.3. The molecule has 2 saturated heterocycles. The number of fused-ring (bicyclic) bond motifs is 4. The minimum absolute atomic E-state index is 0.0365. The first kappa shape index (κ1) is 58.5. The number of aryl methyl sites for hydroxylation is 1. The van der Waals surface area contributed by atoms with Crippen molar-refractivity contribution in [2.75, 3.05) is 20.8 Å². The molecule has 406 valence electrons. The average molecular weight is 1020 g/mol. The summed E-state index contributed by atoms with van der Waals surface area (Å²) in [5.74, 6) is -6.80. The van der Waals surface area contributed by atoms with E-state index in [0.717, 1.165) is 24.0 Å². The Labute approximate surface area is 435 Å². The van der Waals surface area contributed by atoms with E-state index in [-0.39, 0.29) is 55.1 Å². The second-order valence-corrected chi connectivity index (χ2v) is 22.8. The van der Waals surface area contributed by atoms with Gasteiger partial charge in [0.25, 0.3) is 11.7 Å². The minimum atomic E-state index is -2.42. The molecule has 17 atom stereocenters. The number of amides is 1. The summed E-state index contributed by atoms with van der Waals surface area (Å²) >= 11 is 0. The Hall–Kier alpha value is -3.79. The van der Waals surface area contributed by atoms with E-state index in [2.05, 4.69) is 57.2 Å². The van der Waals surface area contributed by atoms with E-state index in [4.69, 9.17) is 18.9 Å². The molecule has 73 heavy (non-hydrogen) atoms. The number of carbonyl (C=O) groups is 3. The van der Waals surface area contributed by atoms with Crippen LogP contribution in [0.2, 0.25) is 0 Å². The minimum Gasteiger partial charge on any atom is -0.460 e. The Morgan fingerprint density at radius 3 is 2.32 bits per heavy atom. The maximum absolute atomic E-state index is 14.6. The fraction of sp³-hybridized carbons (Fsp3) is 0.683. The van der Waals surface area contributed by atoms with Crippen molar-refractivity contribution >= 4 is 23.2 Å². The molecule has 6 rings (SSSR count). The van der Waals surface area contributed by atoms with Crippen LogP contribution in [-0.2, 0) is 39.8 Å². The molecule has 3 heterocycles. The Kier molecular flexibility index (Phi) is 21.1. The zero-order valence-electron chi connectivity index (χ0n) is 45.5. The Balaban J connectivity index is 1.34. The largest absolute Gasteiger partial charge is 0.460 e. The lowest BCUT2D eigenvalue weighted by Crippen LogP contribution is -2.60. The summed E-state index contributed by atoms with van der Waals surface area (Å²) in [5, 5.41) is 58.1. The Bertz CT molecular complexity index is 2200. The number of aliphatic hydroxyl groups is 5. The van der Waals surface area contributed by atoms with Gasteiger partial charge in [-0.25, -0.2) is 4.79 Å². The van der Waals surface area contributed by atoms with Gasteiger partial charge in [-0.15, -0.1) is 0 Å². The summed E-state index contributed by atoms with van der Waals surface area (Å²) in [6, 6.07) is 5.23. The number of hydrogen-bond acceptors (Lipinski definition) is 12. The molecule has 4 unspecified atom stereocenters. The van der Waals surface area contributed by atoms with Gasteiger partial charge in [0, 0.05) is 44.9 Å². The zero-order chi connectivity index (χ0) is 53.3. The van der Waals surface area contributed by atoms with Gasteiger partial charge < -0.3 is 49.4 Å². The van der Waals surface area contributed by atoms with Gasteiger partial charge in [0.1, 0.15) is 24.4 Å². The van der Waals surface area contributed by atoms with Crippen LogP contribution in [0.4, 0.5) is 0 Å². The van der Waals surface area contributed by atoms with Crippen LogP contribution in [0, 0.1) is 48.3 Å². The third-order valence-corrected chi connectivity index (χ3v) is 17.3. The molecule has 13 heteroatoms. The summed E-state index contributed by atoms with van der Waals surface area (Å²) in [7, 11) is 3.06. The van der Waals surface area contributed by atoms with Crippen molar-refractivity contribution < 1.29 is 58.9 Å². The predicted octanol–water partition coefficient (Wildman–Crippen LogP) is 8.31. The predicted molar refractivity (Wildman–Crippen MR) is 283 cm³/mol. The number of aliphatic hydroxyl groups excluding tert-OH is 4. The lowest BCUT2D eigenvalue weighted by atomic mass is 9.78.